The highest BCUT2D eigenvalue weighted by atomic mass is 31.0. The Labute approximate surface area is 103 Å². The van der Waals surface area contributed by atoms with Crippen LogP contribution in [0.5, 0.6) is 0 Å². The lowest BCUT2D eigenvalue weighted by atomic mass is 9.99. The normalized spacial score (nSPS) is 13.4. The number of ether oxygens (including phenoxy) is 1. The number of rotatable bonds is 11. The van der Waals surface area contributed by atoms with Gasteiger partial charge in [-0.05, 0) is 38.5 Å². The summed E-state index contributed by atoms with van der Waals surface area (Å²) in [5, 5.41) is 0. The van der Waals surface area contributed by atoms with E-state index in [0.29, 0.717) is 5.92 Å². The zero-order valence-corrected chi connectivity index (χ0v) is 11.9. The SMILES string of the molecule is CCCC=CC(CCCOP)CCOCC. The molecule has 0 radical (unpaired) electrons. The highest BCUT2D eigenvalue weighted by Gasteiger charge is 2.04. The van der Waals surface area contributed by atoms with Crippen molar-refractivity contribution >= 4 is 9.47 Å². The van der Waals surface area contributed by atoms with Gasteiger partial charge in [0.05, 0.1) is 6.61 Å². The second kappa shape index (κ2) is 13.2. The van der Waals surface area contributed by atoms with Crippen LogP contribution in [0.2, 0.25) is 0 Å². The van der Waals surface area contributed by atoms with Crippen molar-refractivity contribution in [3.05, 3.63) is 12.2 Å². The van der Waals surface area contributed by atoms with Gasteiger partial charge in [0.2, 0.25) is 0 Å². The van der Waals surface area contributed by atoms with E-state index >= 15 is 0 Å². The Morgan fingerprint density at radius 3 is 2.62 bits per heavy atom. The minimum Gasteiger partial charge on any atom is -0.382 e. The smallest absolute Gasteiger partial charge is 0.0502 e. The average Bonchev–Trinajstić information content (AvgIpc) is 2.29. The summed E-state index contributed by atoms with van der Waals surface area (Å²) in [5.41, 5.74) is 0. The summed E-state index contributed by atoms with van der Waals surface area (Å²) in [6.45, 7) is 6.78. The molecule has 0 rings (SSSR count). The van der Waals surface area contributed by atoms with E-state index in [0.717, 1.165) is 32.7 Å². The second-order valence-electron chi connectivity index (χ2n) is 3.98. The Bertz CT molecular complexity index is 150. The molecular formula is C13H27O2P. The third kappa shape index (κ3) is 10.6. The first-order chi connectivity index (χ1) is 7.85. The number of allylic oxidation sites excluding steroid dienone is 2. The van der Waals surface area contributed by atoms with Gasteiger partial charge in [-0.2, -0.15) is 0 Å². The van der Waals surface area contributed by atoms with Crippen LogP contribution in [-0.4, -0.2) is 19.8 Å². The van der Waals surface area contributed by atoms with Gasteiger partial charge < -0.3 is 9.26 Å². The molecule has 0 amide bonds. The maximum Gasteiger partial charge on any atom is 0.0502 e. The first-order valence-electron chi connectivity index (χ1n) is 6.41. The fraction of sp³-hybridized carbons (Fsp3) is 0.846. The lowest BCUT2D eigenvalue weighted by Crippen LogP contribution is -2.04. The zero-order chi connectivity index (χ0) is 12.1. The van der Waals surface area contributed by atoms with Crippen molar-refractivity contribution in [2.75, 3.05) is 19.8 Å². The third-order valence-electron chi connectivity index (χ3n) is 2.54. The molecule has 2 nitrogen and oxygen atoms in total. The van der Waals surface area contributed by atoms with Crippen LogP contribution in [0.1, 0.15) is 46.0 Å². The third-order valence-corrected chi connectivity index (χ3v) is 2.77. The van der Waals surface area contributed by atoms with E-state index in [9.17, 15) is 0 Å². The van der Waals surface area contributed by atoms with Crippen molar-refractivity contribution in [1.29, 1.82) is 0 Å². The number of hydrogen-bond acceptors (Lipinski definition) is 2. The molecule has 2 unspecified atom stereocenters. The predicted molar refractivity (Wildman–Crippen MR) is 73.5 cm³/mol. The summed E-state index contributed by atoms with van der Waals surface area (Å²) in [5.74, 6) is 0.651. The van der Waals surface area contributed by atoms with Gasteiger partial charge in [0.25, 0.3) is 0 Å². The summed E-state index contributed by atoms with van der Waals surface area (Å²) < 4.78 is 10.4. The molecule has 0 aliphatic heterocycles. The standard InChI is InChI=1S/C13H27O2P/c1-3-5-6-8-13(9-7-11-15-16)10-12-14-4-2/h6,8,13H,3-5,7,9-12,16H2,1-2H3. The molecule has 0 saturated carbocycles. The van der Waals surface area contributed by atoms with Gasteiger partial charge in [0.15, 0.2) is 0 Å². The Hall–Kier alpha value is 0.0900. The van der Waals surface area contributed by atoms with E-state index in [-0.39, 0.29) is 0 Å². The van der Waals surface area contributed by atoms with E-state index in [1.165, 1.54) is 19.3 Å². The van der Waals surface area contributed by atoms with Crippen LogP contribution < -0.4 is 0 Å². The van der Waals surface area contributed by atoms with E-state index < -0.39 is 0 Å². The van der Waals surface area contributed by atoms with E-state index in [1.54, 1.807) is 0 Å². The molecule has 3 heteroatoms. The number of unbranched alkanes of at least 4 members (excludes halogenated alkanes) is 1. The van der Waals surface area contributed by atoms with Crippen molar-refractivity contribution in [1.82, 2.24) is 0 Å². The van der Waals surface area contributed by atoms with E-state index in [4.69, 9.17) is 9.26 Å². The zero-order valence-electron chi connectivity index (χ0n) is 10.8. The summed E-state index contributed by atoms with van der Waals surface area (Å²) in [4.78, 5) is 0. The molecule has 0 N–H and O–H groups in total. The van der Waals surface area contributed by atoms with Gasteiger partial charge in [-0.25, -0.2) is 0 Å². The highest BCUT2D eigenvalue weighted by molar-refractivity contribution is 7.09. The van der Waals surface area contributed by atoms with Crippen LogP contribution >= 0.6 is 9.47 Å². The topological polar surface area (TPSA) is 18.5 Å². The molecule has 96 valence electrons. The van der Waals surface area contributed by atoms with Crippen LogP contribution in [-0.2, 0) is 9.26 Å². The van der Waals surface area contributed by atoms with Gasteiger partial charge in [-0.1, -0.05) is 25.5 Å². The van der Waals surface area contributed by atoms with Crippen LogP contribution in [0, 0.1) is 5.92 Å². The molecule has 0 aromatic rings. The first kappa shape index (κ1) is 16.1. The minimum atomic E-state index is 0.651. The van der Waals surface area contributed by atoms with Crippen LogP contribution in [0.25, 0.3) is 0 Å². The summed E-state index contributed by atoms with van der Waals surface area (Å²) in [6, 6.07) is 0. The molecule has 0 fully saturated rings. The molecule has 0 saturated heterocycles. The van der Waals surface area contributed by atoms with Gasteiger partial charge in [-0.3, -0.25) is 0 Å². The Balaban J connectivity index is 3.75. The lowest BCUT2D eigenvalue weighted by Gasteiger charge is -2.12. The quantitative estimate of drug-likeness (QED) is 0.312. The second-order valence-corrected chi connectivity index (χ2v) is 4.31. The molecule has 0 aromatic carbocycles. The fourth-order valence-electron chi connectivity index (χ4n) is 1.60. The van der Waals surface area contributed by atoms with Crippen LogP contribution in [0.15, 0.2) is 12.2 Å². The summed E-state index contributed by atoms with van der Waals surface area (Å²) in [7, 11) is 2.31. The van der Waals surface area contributed by atoms with Crippen molar-refractivity contribution < 1.29 is 9.26 Å². The Morgan fingerprint density at radius 2 is 2.00 bits per heavy atom. The summed E-state index contributed by atoms with van der Waals surface area (Å²) >= 11 is 0. The van der Waals surface area contributed by atoms with Crippen LogP contribution in [0.3, 0.4) is 0 Å². The molecule has 2 atom stereocenters. The molecule has 0 aliphatic rings. The van der Waals surface area contributed by atoms with Crippen molar-refractivity contribution in [3.8, 4) is 0 Å². The lowest BCUT2D eigenvalue weighted by molar-refractivity contribution is 0.135. The molecule has 0 heterocycles. The predicted octanol–water partition coefficient (Wildman–Crippen LogP) is 3.97. The van der Waals surface area contributed by atoms with Gasteiger partial charge in [0, 0.05) is 22.7 Å². The molecule has 0 bridgehead atoms. The van der Waals surface area contributed by atoms with Crippen LogP contribution in [0.4, 0.5) is 0 Å². The van der Waals surface area contributed by atoms with Gasteiger partial charge >= 0.3 is 0 Å². The molecule has 0 spiro atoms. The van der Waals surface area contributed by atoms with Gasteiger partial charge in [-0.15, -0.1) is 0 Å². The molecule has 16 heavy (non-hydrogen) atoms. The minimum absolute atomic E-state index is 0.651. The largest absolute Gasteiger partial charge is 0.382 e. The monoisotopic (exact) mass is 246 g/mol. The van der Waals surface area contributed by atoms with Crippen molar-refractivity contribution in [2.24, 2.45) is 5.92 Å². The maximum atomic E-state index is 5.41. The highest BCUT2D eigenvalue weighted by Crippen LogP contribution is 2.14. The first-order valence-corrected chi connectivity index (χ1v) is 6.88. The summed E-state index contributed by atoms with van der Waals surface area (Å²) in [6.07, 6.45) is 10.5. The average molecular weight is 246 g/mol. The van der Waals surface area contributed by atoms with E-state index in [1.807, 2.05) is 6.92 Å². The molecule has 0 aliphatic carbocycles. The van der Waals surface area contributed by atoms with Crippen molar-refractivity contribution in [2.45, 2.75) is 46.0 Å². The Morgan fingerprint density at radius 1 is 1.19 bits per heavy atom. The Kier molecular flexibility index (Phi) is 13.2. The van der Waals surface area contributed by atoms with E-state index in [2.05, 4.69) is 28.5 Å². The number of hydrogen-bond donors (Lipinski definition) is 0. The van der Waals surface area contributed by atoms with Gasteiger partial charge in [0.1, 0.15) is 0 Å². The maximum absolute atomic E-state index is 5.41. The molecule has 0 aromatic heterocycles. The van der Waals surface area contributed by atoms with Crippen molar-refractivity contribution in [3.63, 3.8) is 0 Å². The fourth-order valence-corrected chi connectivity index (χ4v) is 1.77. The molecular weight excluding hydrogens is 219 g/mol.